The lowest BCUT2D eigenvalue weighted by Crippen LogP contribution is -2.09. The van der Waals surface area contributed by atoms with Gasteiger partial charge in [-0.25, -0.2) is 4.98 Å². The van der Waals surface area contributed by atoms with E-state index in [0.29, 0.717) is 0 Å². The van der Waals surface area contributed by atoms with Gasteiger partial charge in [-0.3, -0.25) is 0 Å². The van der Waals surface area contributed by atoms with Crippen LogP contribution < -0.4 is 5.73 Å². The molecular weight excluding hydrogens is 350 g/mol. The Morgan fingerprint density at radius 2 is 1.88 bits per heavy atom. The van der Waals surface area contributed by atoms with Gasteiger partial charge in [-0.2, -0.15) is 11.8 Å². The number of hydrogen-bond donors (Lipinski definition) is 1. The number of furan rings is 1. The van der Waals surface area contributed by atoms with Crippen molar-refractivity contribution in [2.24, 2.45) is 0 Å². The van der Waals surface area contributed by atoms with E-state index in [0.717, 1.165) is 57.3 Å². The van der Waals surface area contributed by atoms with Gasteiger partial charge in [-0.1, -0.05) is 30.3 Å². The summed E-state index contributed by atoms with van der Waals surface area (Å²) in [7, 11) is 4.08. The Labute approximate surface area is 157 Å². The molecule has 2 N–H and O–H groups in total. The van der Waals surface area contributed by atoms with Gasteiger partial charge in [-0.15, -0.1) is 11.3 Å². The maximum Gasteiger partial charge on any atom is 0.118 e. The molecule has 3 rings (SSSR count). The van der Waals surface area contributed by atoms with Gasteiger partial charge < -0.3 is 15.1 Å². The van der Waals surface area contributed by atoms with Gasteiger partial charge in [0.2, 0.25) is 0 Å². The van der Waals surface area contributed by atoms with Crippen LogP contribution in [0.2, 0.25) is 0 Å². The van der Waals surface area contributed by atoms with Crippen LogP contribution in [0.15, 0.2) is 46.9 Å². The predicted octanol–water partition coefficient (Wildman–Crippen LogP) is 4.52. The lowest BCUT2D eigenvalue weighted by molar-refractivity contribution is 0.344. The molecule has 0 saturated heterocycles. The van der Waals surface area contributed by atoms with Gasteiger partial charge in [0.1, 0.15) is 22.2 Å². The number of anilines is 1. The monoisotopic (exact) mass is 373 g/mol. The van der Waals surface area contributed by atoms with Crippen LogP contribution in [0.25, 0.3) is 11.3 Å². The largest absolute Gasteiger partial charge is 0.464 e. The molecule has 0 aliphatic heterocycles. The summed E-state index contributed by atoms with van der Waals surface area (Å²) in [6.45, 7) is 0.839. The van der Waals surface area contributed by atoms with Crippen molar-refractivity contribution in [2.75, 3.05) is 25.6 Å². The van der Waals surface area contributed by atoms with Gasteiger partial charge in [0.25, 0.3) is 0 Å². The second-order valence-corrected chi connectivity index (χ2v) is 8.32. The van der Waals surface area contributed by atoms with Crippen molar-refractivity contribution in [3.8, 4) is 11.3 Å². The average molecular weight is 374 g/mol. The van der Waals surface area contributed by atoms with Crippen LogP contribution in [0.4, 0.5) is 5.00 Å². The highest BCUT2D eigenvalue weighted by atomic mass is 32.2. The zero-order valence-corrected chi connectivity index (χ0v) is 16.2. The SMILES string of the molecule is CN(C)Cc1ccc(CSCCc2nc(-c3ccccc3)c(N)s2)o1. The number of rotatable bonds is 8. The standard InChI is InChI=1S/C19H23N3OS2/c1-22(2)12-15-8-9-16(23-15)13-24-11-10-17-21-18(19(20)25-17)14-6-4-3-5-7-14/h3-9H,10-13,20H2,1-2H3. The van der Waals surface area contributed by atoms with E-state index < -0.39 is 0 Å². The smallest absolute Gasteiger partial charge is 0.118 e. The Hall–Kier alpha value is -1.76. The second kappa shape index (κ2) is 8.56. The average Bonchev–Trinajstić information content (AvgIpc) is 3.18. The molecule has 1 aromatic carbocycles. The number of thioether (sulfide) groups is 1. The lowest BCUT2D eigenvalue weighted by atomic mass is 10.2. The predicted molar refractivity (Wildman–Crippen MR) is 108 cm³/mol. The van der Waals surface area contributed by atoms with E-state index in [9.17, 15) is 0 Å². The molecule has 0 aliphatic carbocycles. The maximum atomic E-state index is 6.14. The number of aryl methyl sites for hydroxylation is 1. The fourth-order valence-corrected chi connectivity index (χ4v) is 4.34. The van der Waals surface area contributed by atoms with E-state index in [2.05, 4.69) is 17.0 Å². The molecule has 0 amide bonds. The molecule has 0 bridgehead atoms. The number of benzene rings is 1. The third kappa shape index (κ3) is 5.11. The molecular formula is C19H23N3OS2. The van der Waals surface area contributed by atoms with Crippen LogP contribution in [0.1, 0.15) is 16.5 Å². The zero-order valence-electron chi connectivity index (χ0n) is 14.6. The molecule has 0 unspecified atom stereocenters. The third-order valence-electron chi connectivity index (χ3n) is 3.64. The molecule has 0 aliphatic rings. The molecule has 0 atom stereocenters. The molecule has 25 heavy (non-hydrogen) atoms. The molecule has 3 aromatic rings. The Bertz CT molecular complexity index is 796. The molecule has 0 saturated carbocycles. The van der Waals surface area contributed by atoms with E-state index in [1.165, 1.54) is 0 Å². The van der Waals surface area contributed by atoms with Crippen LogP contribution in [0.5, 0.6) is 0 Å². The fourth-order valence-electron chi connectivity index (χ4n) is 2.52. The number of nitrogens with zero attached hydrogens (tertiary/aromatic N) is 2. The Morgan fingerprint density at radius 1 is 1.12 bits per heavy atom. The molecule has 4 nitrogen and oxygen atoms in total. The first-order chi connectivity index (χ1) is 12.1. The van der Waals surface area contributed by atoms with E-state index >= 15 is 0 Å². The van der Waals surface area contributed by atoms with Crippen LogP contribution >= 0.6 is 23.1 Å². The van der Waals surface area contributed by atoms with Crippen LogP contribution in [-0.4, -0.2) is 29.7 Å². The first-order valence-electron chi connectivity index (χ1n) is 8.22. The Balaban J connectivity index is 1.49. The van der Waals surface area contributed by atoms with Crippen molar-refractivity contribution in [3.05, 3.63) is 59.0 Å². The number of nitrogen functional groups attached to an aromatic ring is 1. The second-order valence-electron chi connectivity index (χ2n) is 6.09. The zero-order chi connectivity index (χ0) is 17.6. The lowest BCUT2D eigenvalue weighted by Gasteiger charge is -2.05. The molecule has 2 aromatic heterocycles. The summed E-state index contributed by atoms with van der Waals surface area (Å²) in [6.07, 6.45) is 0.928. The van der Waals surface area contributed by atoms with Gasteiger partial charge >= 0.3 is 0 Å². The maximum absolute atomic E-state index is 6.14. The van der Waals surface area contributed by atoms with E-state index in [1.807, 2.05) is 56.2 Å². The first-order valence-corrected chi connectivity index (χ1v) is 10.2. The molecule has 0 spiro atoms. The van der Waals surface area contributed by atoms with Gasteiger partial charge in [-0.05, 0) is 26.2 Å². The minimum absolute atomic E-state index is 0.797. The fraction of sp³-hybridized carbons (Fsp3) is 0.316. The van der Waals surface area contributed by atoms with Crippen molar-refractivity contribution in [1.29, 1.82) is 0 Å². The Kier molecular flexibility index (Phi) is 6.18. The van der Waals surface area contributed by atoms with Crippen LogP contribution in [0, 0.1) is 0 Å². The Morgan fingerprint density at radius 3 is 2.64 bits per heavy atom. The summed E-state index contributed by atoms with van der Waals surface area (Å²) in [4.78, 5) is 6.82. The highest BCUT2D eigenvalue weighted by Crippen LogP contribution is 2.31. The highest BCUT2D eigenvalue weighted by Gasteiger charge is 2.10. The number of nitrogens with two attached hydrogens (primary N) is 1. The summed E-state index contributed by atoms with van der Waals surface area (Å²) in [5.74, 6) is 3.94. The molecule has 2 heterocycles. The van der Waals surface area contributed by atoms with Crippen molar-refractivity contribution in [1.82, 2.24) is 9.88 Å². The summed E-state index contributed by atoms with van der Waals surface area (Å²) in [6, 6.07) is 14.2. The van der Waals surface area contributed by atoms with Crippen molar-refractivity contribution < 1.29 is 4.42 Å². The minimum atomic E-state index is 0.797. The normalized spacial score (nSPS) is 11.3. The first kappa shape index (κ1) is 18.0. The number of aromatic nitrogens is 1. The van der Waals surface area contributed by atoms with Crippen molar-refractivity contribution in [3.63, 3.8) is 0 Å². The summed E-state index contributed by atoms with van der Waals surface area (Å²) in [5.41, 5.74) is 8.13. The molecule has 0 radical (unpaired) electrons. The van der Waals surface area contributed by atoms with Gasteiger partial charge in [0.05, 0.1) is 17.3 Å². The van der Waals surface area contributed by atoms with Gasteiger partial charge in [0.15, 0.2) is 0 Å². The molecule has 0 fully saturated rings. The van der Waals surface area contributed by atoms with Gasteiger partial charge in [0, 0.05) is 17.7 Å². The third-order valence-corrected chi connectivity index (χ3v) is 5.56. The van der Waals surface area contributed by atoms with E-state index in [1.54, 1.807) is 11.3 Å². The number of hydrogen-bond acceptors (Lipinski definition) is 6. The summed E-state index contributed by atoms with van der Waals surface area (Å²) < 4.78 is 5.83. The van der Waals surface area contributed by atoms with Crippen molar-refractivity contribution >= 4 is 28.1 Å². The van der Waals surface area contributed by atoms with E-state index in [4.69, 9.17) is 15.1 Å². The number of thiazole rings is 1. The van der Waals surface area contributed by atoms with Crippen LogP contribution in [0.3, 0.4) is 0 Å². The van der Waals surface area contributed by atoms with Crippen molar-refractivity contribution in [2.45, 2.75) is 18.7 Å². The summed E-state index contributed by atoms with van der Waals surface area (Å²) >= 11 is 3.45. The highest BCUT2D eigenvalue weighted by molar-refractivity contribution is 7.98. The molecule has 132 valence electrons. The van der Waals surface area contributed by atoms with Crippen LogP contribution in [-0.2, 0) is 18.7 Å². The molecule has 6 heteroatoms. The summed E-state index contributed by atoms with van der Waals surface area (Å²) in [5, 5.41) is 1.89. The van der Waals surface area contributed by atoms with E-state index in [-0.39, 0.29) is 0 Å². The quantitative estimate of drug-likeness (QED) is 0.588. The minimum Gasteiger partial charge on any atom is -0.464 e. The topological polar surface area (TPSA) is 55.3 Å².